The molecule has 2 bridgehead atoms. The van der Waals surface area contributed by atoms with Crippen molar-refractivity contribution in [2.45, 2.75) is 50.8 Å². The van der Waals surface area contributed by atoms with Crippen molar-refractivity contribution in [1.29, 1.82) is 0 Å². The summed E-state index contributed by atoms with van der Waals surface area (Å²) >= 11 is 0. The number of aromatic nitrogens is 1. The number of hydrogen-bond donors (Lipinski definition) is 1. The van der Waals surface area contributed by atoms with Crippen molar-refractivity contribution in [3.8, 4) is 17.1 Å². The van der Waals surface area contributed by atoms with Crippen molar-refractivity contribution in [3.63, 3.8) is 0 Å². The lowest BCUT2D eigenvalue weighted by molar-refractivity contribution is -0.418. The summed E-state index contributed by atoms with van der Waals surface area (Å²) in [6.07, 6.45) is 9.10. The minimum absolute atomic E-state index is 0.264. The Hall–Kier alpha value is -2.78. The Morgan fingerprint density at radius 1 is 1.11 bits per heavy atom. The van der Waals surface area contributed by atoms with Crippen molar-refractivity contribution in [2.75, 3.05) is 39.3 Å². The molecule has 0 saturated carbocycles. The zero-order valence-corrected chi connectivity index (χ0v) is 20.8. The number of ether oxygens (including phenoxy) is 3. The van der Waals surface area contributed by atoms with Gasteiger partial charge in [0.05, 0.1) is 12.2 Å². The molecule has 0 atom stereocenters. The second kappa shape index (κ2) is 10.7. The van der Waals surface area contributed by atoms with E-state index in [1.807, 2.05) is 24.4 Å². The van der Waals surface area contributed by atoms with Gasteiger partial charge >= 0.3 is 0 Å². The summed E-state index contributed by atoms with van der Waals surface area (Å²) in [5.41, 5.74) is 3.25. The molecule has 0 aliphatic carbocycles. The van der Waals surface area contributed by atoms with Crippen LogP contribution in [-0.4, -0.2) is 72.2 Å². The number of allylic oxidation sites excluding steroid dienone is 1. The van der Waals surface area contributed by atoms with Gasteiger partial charge in [-0.1, -0.05) is 30.3 Å². The molecule has 0 amide bonds. The second-order valence-corrected chi connectivity index (χ2v) is 9.94. The van der Waals surface area contributed by atoms with Gasteiger partial charge in [-0.2, -0.15) is 0 Å². The summed E-state index contributed by atoms with van der Waals surface area (Å²) in [5.74, 6) is 1.26. The third-order valence-electron chi connectivity index (χ3n) is 7.31. The number of pyridine rings is 1. The topological polar surface area (TPSA) is 71.5 Å². The van der Waals surface area contributed by atoms with Crippen LogP contribution in [0.3, 0.4) is 0 Å². The predicted octanol–water partition coefficient (Wildman–Crippen LogP) is 3.75. The molecule has 8 heteroatoms. The third-order valence-corrected chi connectivity index (χ3v) is 7.31. The summed E-state index contributed by atoms with van der Waals surface area (Å²) in [7, 11) is 0. The molecule has 190 valence electrons. The fourth-order valence-corrected chi connectivity index (χ4v) is 5.32. The number of likely N-dealkylation sites (tertiary alicyclic amines) is 1. The predicted molar refractivity (Wildman–Crippen MR) is 138 cm³/mol. The molecule has 7 rings (SSSR count). The second-order valence-electron chi connectivity index (χ2n) is 9.94. The molecule has 6 heterocycles. The van der Waals surface area contributed by atoms with Crippen molar-refractivity contribution in [2.24, 2.45) is 4.99 Å². The van der Waals surface area contributed by atoms with Gasteiger partial charge < -0.3 is 24.4 Å². The number of benzene rings is 1. The van der Waals surface area contributed by atoms with E-state index in [4.69, 9.17) is 19.2 Å². The zero-order valence-electron chi connectivity index (χ0n) is 20.8. The average Bonchev–Trinajstić information content (AvgIpc) is 3.64. The minimum atomic E-state index is -0.498. The maximum Gasteiger partial charge on any atom is 0.246 e. The Morgan fingerprint density at radius 2 is 2.00 bits per heavy atom. The van der Waals surface area contributed by atoms with Crippen molar-refractivity contribution in [1.82, 2.24) is 20.1 Å². The van der Waals surface area contributed by atoms with Gasteiger partial charge in [0, 0.05) is 50.3 Å². The Balaban J connectivity index is 0.976. The first-order valence-electron chi connectivity index (χ1n) is 13.2. The minimum Gasteiger partial charge on any atom is -0.476 e. The SMILES string of the molecule is C1=CN=C(N2CC3(CCNCc4cccc(-c5cccc(OCCN6CCCC6)n5)c4)OC2O3)CC1. The highest BCUT2D eigenvalue weighted by Gasteiger charge is 2.59. The fraction of sp³-hybridized carbons (Fsp3) is 0.500. The Labute approximate surface area is 213 Å². The molecule has 0 radical (unpaired) electrons. The molecule has 5 aliphatic rings. The number of nitrogens with one attached hydrogen (secondary N) is 1. The summed E-state index contributed by atoms with van der Waals surface area (Å²) < 4.78 is 18.0. The van der Waals surface area contributed by atoms with Gasteiger partial charge in [-0.15, -0.1) is 0 Å². The molecule has 1 aromatic carbocycles. The van der Waals surface area contributed by atoms with Crippen LogP contribution in [0, 0.1) is 0 Å². The van der Waals surface area contributed by atoms with Gasteiger partial charge in [-0.3, -0.25) is 4.90 Å². The highest BCUT2D eigenvalue weighted by Crippen LogP contribution is 2.43. The quantitative estimate of drug-likeness (QED) is 0.510. The maximum absolute atomic E-state index is 6.04. The van der Waals surface area contributed by atoms with Crippen LogP contribution in [-0.2, 0) is 16.0 Å². The van der Waals surface area contributed by atoms with E-state index in [0.29, 0.717) is 12.5 Å². The van der Waals surface area contributed by atoms with Crippen LogP contribution in [0.1, 0.15) is 37.7 Å². The Bertz CT molecular complexity index is 1110. The van der Waals surface area contributed by atoms with Gasteiger partial charge in [0.25, 0.3) is 0 Å². The smallest absolute Gasteiger partial charge is 0.246 e. The first kappa shape index (κ1) is 23.6. The van der Waals surface area contributed by atoms with Gasteiger partial charge in [0.15, 0.2) is 5.79 Å². The van der Waals surface area contributed by atoms with Crippen LogP contribution < -0.4 is 10.1 Å². The van der Waals surface area contributed by atoms with Gasteiger partial charge in [0.2, 0.25) is 12.3 Å². The highest BCUT2D eigenvalue weighted by molar-refractivity contribution is 5.84. The normalized spacial score (nSPS) is 25.2. The molecule has 8 nitrogen and oxygen atoms in total. The molecule has 1 N–H and O–H groups in total. The van der Waals surface area contributed by atoms with Crippen LogP contribution in [0.2, 0.25) is 0 Å². The number of nitrogens with zero attached hydrogens (tertiary/aromatic N) is 4. The number of fused-ring (bicyclic) bond motifs is 1. The van der Waals surface area contributed by atoms with E-state index in [-0.39, 0.29) is 6.41 Å². The lowest BCUT2D eigenvalue weighted by Crippen LogP contribution is -2.49. The third kappa shape index (κ3) is 5.32. The first-order chi connectivity index (χ1) is 17.8. The summed E-state index contributed by atoms with van der Waals surface area (Å²) in [5, 5.41) is 3.55. The summed E-state index contributed by atoms with van der Waals surface area (Å²) in [6.45, 7) is 6.37. The molecule has 2 aromatic rings. The first-order valence-corrected chi connectivity index (χ1v) is 13.2. The highest BCUT2D eigenvalue weighted by atomic mass is 16.9. The van der Waals surface area contributed by atoms with Gasteiger partial charge in [0.1, 0.15) is 12.4 Å². The molecule has 4 saturated heterocycles. The lowest BCUT2D eigenvalue weighted by atomic mass is 10.1. The molecular weight excluding hydrogens is 454 g/mol. The Morgan fingerprint density at radius 3 is 2.86 bits per heavy atom. The largest absolute Gasteiger partial charge is 0.476 e. The Kier molecular flexibility index (Phi) is 7.01. The molecule has 5 aliphatic heterocycles. The van der Waals surface area contributed by atoms with E-state index in [2.05, 4.69) is 50.5 Å². The van der Waals surface area contributed by atoms with Crippen LogP contribution in [0.15, 0.2) is 59.7 Å². The number of rotatable bonds is 10. The molecule has 36 heavy (non-hydrogen) atoms. The van der Waals surface area contributed by atoms with E-state index in [1.54, 1.807) is 0 Å². The summed E-state index contributed by atoms with van der Waals surface area (Å²) in [4.78, 5) is 13.8. The fourth-order valence-electron chi connectivity index (χ4n) is 5.32. The molecular formula is C28H35N5O3. The van der Waals surface area contributed by atoms with Gasteiger partial charge in [-0.05, 0) is 50.0 Å². The van der Waals surface area contributed by atoms with E-state index >= 15 is 0 Å². The summed E-state index contributed by atoms with van der Waals surface area (Å²) in [6, 6.07) is 14.5. The van der Waals surface area contributed by atoms with E-state index in [0.717, 1.165) is 62.5 Å². The molecule has 1 aromatic heterocycles. The number of amidine groups is 1. The van der Waals surface area contributed by atoms with Crippen molar-refractivity contribution < 1.29 is 14.2 Å². The van der Waals surface area contributed by atoms with Crippen LogP contribution in [0.25, 0.3) is 11.3 Å². The lowest BCUT2D eigenvalue weighted by Gasteiger charge is -2.37. The van der Waals surface area contributed by atoms with E-state index < -0.39 is 5.79 Å². The number of hydrogen-bond acceptors (Lipinski definition) is 8. The number of aliphatic imine (C=N–C) groups is 1. The molecule has 4 fully saturated rings. The monoisotopic (exact) mass is 489 g/mol. The van der Waals surface area contributed by atoms with Crippen LogP contribution >= 0.6 is 0 Å². The average molecular weight is 490 g/mol. The molecule has 0 spiro atoms. The standard InChI is InChI=1S/C28H35N5O3/c1-2-13-30-25(10-1)33-21-28(35-27(33)36-28)12-14-29-20-22-7-5-8-23(19-22)24-9-6-11-26(31-24)34-18-17-32-15-3-4-16-32/h2,5-9,11,13,19,27,29H,1,3-4,10,12,14-18,20-21H2. The maximum atomic E-state index is 6.04. The van der Waals surface area contributed by atoms with Crippen LogP contribution in [0.4, 0.5) is 0 Å². The molecule has 0 unspecified atom stereocenters. The van der Waals surface area contributed by atoms with E-state index in [9.17, 15) is 0 Å². The van der Waals surface area contributed by atoms with Crippen LogP contribution in [0.5, 0.6) is 5.88 Å². The van der Waals surface area contributed by atoms with Gasteiger partial charge in [-0.25, -0.2) is 9.98 Å². The van der Waals surface area contributed by atoms with Crippen molar-refractivity contribution in [3.05, 3.63) is 60.3 Å². The van der Waals surface area contributed by atoms with Crippen molar-refractivity contribution >= 4 is 5.84 Å². The zero-order chi connectivity index (χ0) is 24.2. The van der Waals surface area contributed by atoms with E-state index in [1.165, 1.54) is 31.5 Å².